The van der Waals surface area contributed by atoms with Crippen LogP contribution in [-0.2, 0) is 0 Å². The van der Waals surface area contributed by atoms with Gasteiger partial charge in [0, 0.05) is 19.7 Å². The van der Waals surface area contributed by atoms with Crippen molar-refractivity contribution in [2.24, 2.45) is 0 Å². The molecule has 0 saturated heterocycles. The monoisotopic (exact) mass is 195 g/mol. The van der Waals surface area contributed by atoms with Gasteiger partial charge in [-0.25, -0.2) is 4.39 Å². The Morgan fingerprint density at radius 3 is 2.57 bits per heavy atom. The van der Waals surface area contributed by atoms with Gasteiger partial charge in [0.25, 0.3) is 5.91 Å². The van der Waals surface area contributed by atoms with Crippen LogP contribution in [0.15, 0.2) is 18.2 Å². The second kappa shape index (κ2) is 4.00. The molecule has 0 atom stereocenters. The third kappa shape index (κ3) is 1.96. The molecule has 0 aliphatic heterocycles. The van der Waals surface area contributed by atoms with Crippen molar-refractivity contribution in [3.8, 4) is 0 Å². The highest BCUT2D eigenvalue weighted by atomic mass is 19.1. The van der Waals surface area contributed by atoms with Gasteiger partial charge in [-0.05, 0) is 18.2 Å². The van der Waals surface area contributed by atoms with Crippen molar-refractivity contribution in [3.05, 3.63) is 35.1 Å². The number of benzene rings is 1. The Bertz CT molecular complexity index is 374. The van der Waals surface area contributed by atoms with Gasteiger partial charge in [0.2, 0.25) is 0 Å². The highest BCUT2D eigenvalue weighted by Crippen LogP contribution is 2.10. The van der Waals surface area contributed by atoms with Gasteiger partial charge >= 0.3 is 0 Å². The molecule has 0 N–H and O–H groups in total. The van der Waals surface area contributed by atoms with Gasteiger partial charge in [-0.15, -0.1) is 0 Å². The Labute approximate surface area is 81.1 Å². The second-order valence-electron chi connectivity index (χ2n) is 3.06. The van der Waals surface area contributed by atoms with E-state index >= 15 is 0 Å². The van der Waals surface area contributed by atoms with E-state index in [0.717, 1.165) is 6.07 Å². The predicted molar refractivity (Wildman–Crippen MR) is 49.8 cm³/mol. The molecule has 4 heteroatoms. The van der Waals surface area contributed by atoms with Gasteiger partial charge in [0.05, 0.1) is 5.56 Å². The van der Waals surface area contributed by atoms with Crippen molar-refractivity contribution < 1.29 is 14.0 Å². The number of halogens is 1. The minimum atomic E-state index is -0.616. The first-order chi connectivity index (χ1) is 6.56. The lowest BCUT2D eigenvalue weighted by Gasteiger charge is -2.10. The lowest BCUT2D eigenvalue weighted by atomic mass is 10.1. The Hall–Kier alpha value is -1.71. The van der Waals surface area contributed by atoms with Gasteiger partial charge < -0.3 is 4.90 Å². The van der Waals surface area contributed by atoms with E-state index < -0.39 is 11.7 Å². The molecular weight excluding hydrogens is 185 g/mol. The summed E-state index contributed by atoms with van der Waals surface area (Å²) in [5.74, 6) is -1.07. The molecule has 1 amide bonds. The average Bonchev–Trinajstić information content (AvgIpc) is 2.17. The molecule has 0 aliphatic rings. The van der Waals surface area contributed by atoms with Gasteiger partial charge in [-0.2, -0.15) is 0 Å². The summed E-state index contributed by atoms with van der Waals surface area (Å²) >= 11 is 0. The minimum Gasteiger partial charge on any atom is -0.345 e. The molecule has 0 aromatic heterocycles. The zero-order valence-corrected chi connectivity index (χ0v) is 7.95. The number of amides is 1. The van der Waals surface area contributed by atoms with E-state index in [4.69, 9.17) is 0 Å². The zero-order chi connectivity index (χ0) is 10.7. The average molecular weight is 195 g/mol. The first kappa shape index (κ1) is 10.4. The van der Waals surface area contributed by atoms with Gasteiger partial charge in [0.15, 0.2) is 0 Å². The number of carbonyl (C=O) groups excluding carboxylic acids is 2. The number of aldehydes is 1. The fraction of sp³-hybridized carbons (Fsp3) is 0.200. The maximum absolute atomic E-state index is 13.2. The van der Waals surface area contributed by atoms with E-state index in [-0.39, 0.29) is 11.1 Å². The summed E-state index contributed by atoms with van der Waals surface area (Å²) in [5.41, 5.74) is 0.205. The standard InChI is InChI=1S/C10H10FNO2/c1-12(2)10(14)8-5-7(6-13)3-4-9(8)11/h3-6H,1-2H3. The summed E-state index contributed by atoms with van der Waals surface area (Å²) in [5, 5.41) is 0. The van der Waals surface area contributed by atoms with Crippen LogP contribution in [0.25, 0.3) is 0 Å². The fourth-order valence-corrected chi connectivity index (χ4v) is 1.02. The smallest absolute Gasteiger partial charge is 0.256 e. The van der Waals surface area contributed by atoms with Crippen molar-refractivity contribution in [1.82, 2.24) is 4.90 Å². The largest absolute Gasteiger partial charge is 0.345 e. The van der Waals surface area contributed by atoms with Crippen molar-refractivity contribution in [2.75, 3.05) is 14.1 Å². The van der Waals surface area contributed by atoms with E-state index in [2.05, 4.69) is 0 Å². The van der Waals surface area contributed by atoms with Gasteiger partial charge in [-0.1, -0.05) is 0 Å². The molecule has 0 aliphatic carbocycles. The Morgan fingerprint density at radius 1 is 1.43 bits per heavy atom. The minimum absolute atomic E-state index is 0.0837. The summed E-state index contributed by atoms with van der Waals surface area (Å²) in [6, 6.07) is 3.68. The SMILES string of the molecule is CN(C)C(=O)c1cc(C=O)ccc1F. The molecule has 0 unspecified atom stereocenters. The van der Waals surface area contributed by atoms with E-state index in [1.54, 1.807) is 0 Å². The van der Waals surface area contributed by atoms with Crippen molar-refractivity contribution >= 4 is 12.2 Å². The molecule has 74 valence electrons. The maximum atomic E-state index is 13.2. The molecule has 1 aromatic rings. The van der Waals surface area contributed by atoms with Crippen LogP contribution in [0.5, 0.6) is 0 Å². The summed E-state index contributed by atoms with van der Waals surface area (Å²) in [7, 11) is 3.05. The predicted octanol–water partition coefficient (Wildman–Crippen LogP) is 1.34. The normalized spacial score (nSPS) is 9.64. The van der Waals surface area contributed by atoms with E-state index in [1.807, 2.05) is 0 Å². The molecule has 14 heavy (non-hydrogen) atoms. The first-order valence-corrected chi connectivity index (χ1v) is 4.02. The summed E-state index contributed by atoms with van der Waals surface area (Å²) in [6.07, 6.45) is 0.575. The van der Waals surface area contributed by atoms with Crippen molar-refractivity contribution in [3.63, 3.8) is 0 Å². The summed E-state index contributed by atoms with van der Waals surface area (Å²) in [6.45, 7) is 0. The van der Waals surface area contributed by atoms with Crippen LogP contribution in [0.3, 0.4) is 0 Å². The number of hydrogen-bond acceptors (Lipinski definition) is 2. The molecule has 0 heterocycles. The lowest BCUT2D eigenvalue weighted by molar-refractivity contribution is 0.0823. The van der Waals surface area contributed by atoms with Crippen LogP contribution < -0.4 is 0 Å². The lowest BCUT2D eigenvalue weighted by Crippen LogP contribution is -2.22. The molecule has 1 rings (SSSR count). The molecule has 0 saturated carbocycles. The molecule has 1 aromatic carbocycles. The highest BCUT2D eigenvalue weighted by Gasteiger charge is 2.13. The van der Waals surface area contributed by atoms with Gasteiger partial charge in [0.1, 0.15) is 12.1 Å². The van der Waals surface area contributed by atoms with Crippen LogP contribution >= 0.6 is 0 Å². The Balaban J connectivity index is 3.18. The summed E-state index contributed by atoms with van der Waals surface area (Å²) in [4.78, 5) is 23.1. The number of hydrogen-bond donors (Lipinski definition) is 0. The van der Waals surface area contributed by atoms with Crippen LogP contribution in [0.4, 0.5) is 4.39 Å². The molecule has 0 spiro atoms. The van der Waals surface area contributed by atoms with Crippen LogP contribution in [0, 0.1) is 5.82 Å². The topological polar surface area (TPSA) is 37.4 Å². The first-order valence-electron chi connectivity index (χ1n) is 4.02. The molecule has 0 fully saturated rings. The number of rotatable bonds is 2. The molecular formula is C10H10FNO2. The van der Waals surface area contributed by atoms with E-state index in [9.17, 15) is 14.0 Å². The summed E-state index contributed by atoms with van der Waals surface area (Å²) < 4.78 is 13.2. The van der Waals surface area contributed by atoms with Crippen molar-refractivity contribution in [1.29, 1.82) is 0 Å². The third-order valence-corrected chi connectivity index (χ3v) is 1.76. The van der Waals surface area contributed by atoms with Crippen LogP contribution in [0.1, 0.15) is 20.7 Å². The Kier molecular flexibility index (Phi) is 2.96. The maximum Gasteiger partial charge on any atom is 0.256 e. The number of nitrogens with zero attached hydrogens (tertiary/aromatic N) is 1. The Morgan fingerprint density at radius 2 is 2.07 bits per heavy atom. The zero-order valence-electron chi connectivity index (χ0n) is 7.95. The highest BCUT2D eigenvalue weighted by molar-refractivity contribution is 5.95. The fourth-order valence-electron chi connectivity index (χ4n) is 1.02. The molecule has 0 radical (unpaired) electrons. The van der Waals surface area contributed by atoms with Crippen molar-refractivity contribution in [2.45, 2.75) is 0 Å². The second-order valence-corrected chi connectivity index (χ2v) is 3.06. The van der Waals surface area contributed by atoms with Gasteiger partial charge in [-0.3, -0.25) is 9.59 Å². The number of carbonyl (C=O) groups is 2. The van der Waals surface area contributed by atoms with Crippen LogP contribution in [0.2, 0.25) is 0 Å². The van der Waals surface area contributed by atoms with E-state index in [1.165, 1.54) is 31.1 Å². The molecule has 0 bridgehead atoms. The quantitative estimate of drug-likeness (QED) is 0.668. The third-order valence-electron chi connectivity index (χ3n) is 1.76. The van der Waals surface area contributed by atoms with E-state index in [0.29, 0.717) is 6.29 Å². The van der Waals surface area contributed by atoms with Crippen LogP contribution in [-0.4, -0.2) is 31.2 Å². The molecule has 3 nitrogen and oxygen atoms in total.